The van der Waals surface area contributed by atoms with Gasteiger partial charge in [-0.05, 0) is 30.3 Å². The largest absolute Gasteiger partial charge is 0.479 e. The maximum absolute atomic E-state index is 13.7. The summed E-state index contributed by atoms with van der Waals surface area (Å²) in [5.74, 6) is -2.05. The van der Waals surface area contributed by atoms with E-state index in [0.29, 0.717) is 5.69 Å². The van der Waals surface area contributed by atoms with E-state index in [9.17, 15) is 19.1 Å². The smallest absolute Gasteiger partial charge is 0.331 e. The molecule has 1 unspecified atom stereocenters. The molecule has 0 fully saturated rings. The summed E-state index contributed by atoms with van der Waals surface area (Å²) in [7, 11) is 0. The Bertz CT molecular complexity index is 691. The number of hydrogen-bond donors (Lipinski definition) is 3. The lowest BCUT2D eigenvalue weighted by molar-refractivity contribution is -0.139. The zero-order valence-electron chi connectivity index (χ0n) is 11.2. The molecule has 2 aromatic rings. The molecule has 0 radical (unpaired) electrons. The van der Waals surface area contributed by atoms with Crippen LogP contribution >= 0.6 is 15.9 Å². The SMILES string of the molecule is O=C(Nc1ccc(Br)cc1)NC(C(=O)O)c1ccccc1F. The average molecular weight is 367 g/mol. The minimum Gasteiger partial charge on any atom is -0.479 e. The van der Waals surface area contributed by atoms with Gasteiger partial charge < -0.3 is 15.7 Å². The van der Waals surface area contributed by atoms with Crippen molar-refractivity contribution in [2.24, 2.45) is 0 Å². The molecule has 0 spiro atoms. The summed E-state index contributed by atoms with van der Waals surface area (Å²) in [6, 6.07) is 9.91. The highest BCUT2D eigenvalue weighted by atomic mass is 79.9. The summed E-state index contributed by atoms with van der Waals surface area (Å²) >= 11 is 3.26. The van der Waals surface area contributed by atoms with Crippen LogP contribution in [0.15, 0.2) is 53.0 Å². The van der Waals surface area contributed by atoms with Gasteiger partial charge in [0.25, 0.3) is 0 Å². The van der Waals surface area contributed by atoms with E-state index in [1.54, 1.807) is 24.3 Å². The summed E-state index contributed by atoms with van der Waals surface area (Å²) in [5, 5.41) is 13.9. The first-order valence-electron chi connectivity index (χ1n) is 6.27. The Kier molecular flexibility index (Phi) is 5.11. The van der Waals surface area contributed by atoms with Crippen LogP contribution < -0.4 is 10.6 Å². The molecular weight excluding hydrogens is 355 g/mol. The van der Waals surface area contributed by atoms with Crippen LogP contribution in [0, 0.1) is 5.82 Å². The van der Waals surface area contributed by atoms with Crippen molar-refractivity contribution >= 4 is 33.6 Å². The molecule has 0 aliphatic rings. The van der Waals surface area contributed by atoms with Crippen molar-refractivity contribution in [1.29, 1.82) is 0 Å². The molecule has 0 aliphatic carbocycles. The van der Waals surface area contributed by atoms with Gasteiger partial charge in [0.2, 0.25) is 0 Å². The second-order valence-corrected chi connectivity index (χ2v) is 5.31. The second-order valence-electron chi connectivity index (χ2n) is 4.40. The van der Waals surface area contributed by atoms with Crippen molar-refractivity contribution in [2.75, 3.05) is 5.32 Å². The number of amides is 2. The molecular formula is C15H12BrFN2O3. The third-order valence-electron chi connectivity index (χ3n) is 2.84. The van der Waals surface area contributed by atoms with Crippen molar-refractivity contribution in [1.82, 2.24) is 5.32 Å². The molecule has 0 saturated carbocycles. The first kappa shape index (κ1) is 16.0. The summed E-state index contributed by atoms with van der Waals surface area (Å²) in [5.41, 5.74) is 0.374. The van der Waals surface area contributed by atoms with Crippen LogP contribution in [-0.4, -0.2) is 17.1 Å². The van der Waals surface area contributed by atoms with Gasteiger partial charge in [0.05, 0.1) is 0 Å². The first-order valence-corrected chi connectivity index (χ1v) is 7.07. The number of carbonyl (C=O) groups is 2. The average Bonchev–Trinajstić information content (AvgIpc) is 2.48. The molecule has 5 nitrogen and oxygen atoms in total. The highest BCUT2D eigenvalue weighted by Gasteiger charge is 2.24. The number of nitrogens with one attached hydrogen (secondary N) is 2. The summed E-state index contributed by atoms with van der Waals surface area (Å²) < 4.78 is 14.5. The number of halogens is 2. The van der Waals surface area contributed by atoms with Crippen molar-refractivity contribution in [3.63, 3.8) is 0 Å². The number of benzene rings is 2. The lowest BCUT2D eigenvalue weighted by Crippen LogP contribution is -2.37. The van der Waals surface area contributed by atoms with Gasteiger partial charge in [-0.25, -0.2) is 14.0 Å². The molecule has 114 valence electrons. The van der Waals surface area contributed by atoms with Gasteiger partial charge in [-0.2, -0.15) is 0 Å². The van der Waals surface area contributed by atoms with Crippen LogP contribution in [0.2, 0.25) is 0 Å². The fourth-order valence-electron chi connectivity index (χ4n) is 1.81. The van der Waals surface area contributed by atoms with Crippen LogP contribution in [0.5, 0.6) is 0 Å². The molecule has 22 heavy (non-hydrogen) atoms. The van der Waals surface area contributed by atoms with Gasteiger partial charge in [-0.1, -0.05) is 34.1 Å². The van der Waals surface area contributed by atoms with Crippen LogP contribution in [0.3, 0.4) is 0 Å². The second kappa shape index (κ2) is 7.04. The molecule has 2 aromatic carbocycles. The molecule has 2 amide bonds. The van der Waals surface area contributed by atoms with Gasteiger partial charge in [-0.15, -0.1) is 0 Å². The molecule has 2 rings (SSSR count). The number of aliphatic carboxylic acids is 1. The molecule has 0 bridgehead atoms. The third kappa shape index (κ3) is 4.05. The highest BCUT2D eigenvalue weighted by molar-refractivity contribution is 9.10. The first-order chi connectivity index (χ1) is 10.5. The lowest BCUT2D eigenvalue weighted by atomic mass is 10.1. The van der Waals surface area contributed by atoms with E-state index in [2.05, 4.69) is 26.6 Å². The van der Waals surface area contributed by atoms with Gasteiger partial charge in [-0.3, -0.25) is 0 Å². The van der Waals surface area contributed by atoms with Crippen molar-refractivity contribution in [2.45, 2.75) is 6.04 Å². The van der Waals surface area contributed by atoms with E-state index in [1.807, 2.05) is 0 Å². The third-order valence-corrected chi connectivity index (χ3v) is 3.37. The predicted octanol–water partition coefficient (Wildman–Crippen LogP) is 3.54. The molecule has 0 saturated heterocycles. The fraction of sp³-hybridized carbons (Fsp3) is 0.0667. The minimum absolute atomic E-state index is 0.110. The fourth-order valence-corrected chi connectivity index (χ4v) is 2.08. The van der Waals surface area contributed by atoms with Crippen LogP contribution in [0.1, 0.15) is 11.6 Å². The van der Waals surface area contributed by atoms with Gasteiger partial charge in [0.15, 0.2) is 6.04 Å². The van der Waals surface area contributed by atoms with E-state index in [0.717, 1.165) is 10.5 Å². The van der Waals surface area contributed by atoms with E-state index in [-0.39, 0.29) is 5.56 Å². The molecule has 3 N–H and O–H groups in total. The Hall–Kier alpha value is -2.41. The zero-order valence-corrected chi connectivity index (χ0v) is 12.8. The minimum atomic E-state index is -1.48. The van der Waals surface area contributed by atoms with Crippen LogP contribution in [-0.2, 0) is 4.79 Å². The number of carbonyl (C=O) groups excluding carboxylic acids is 1. The summed E-state index contributed by atoms with van der Waals surface area (Å²) in [6.07, 6.45) is 0. The van der Waals surface area contributed by atoms with Crippen molar-refractivity contribution < 1.29 is 19.1 Å². The molecule has 7 heteroatoms. The number of rotatable bonds is 4. The Morgan fingerprint density at radius 1 is 1.09 bits per heavy atom. The molecule has 0 heterocycles. The molecule has 0 aromatic heterocycles. The normalized spacial score (nSPS) is 11.5. The number of carboxylic acid groups (broad SMARTS) is 1. The number of anilines is 1. The maximum atomic E-state index is 13.7. The molecule has 0 aliphatic heterocycles. The zero-order chi connectivity index (χ0) is 16.1. The topological polar surface area (TPSA) is 78.4 Å². The van der Waals surface area contributed by atoms with E-state index >= 15 is 0 Å². The van der Waals surface area contributed by atoms with Gasteiger partial charge in [0, 0.05) is 15.7 Å². The van der Waals surface area contributed by atoms with Crippen LogP contribution in [0.4, 0.5) is 14.9 Å². The van der Waals surface area contributed by atoms with Crippen molar-refractivity contribution in [3.05, 3.63) is 64.4 Å². The Morgan fingerprint density at radius 2 is 1.73 bits per heavy atom. The van der Waals surface area contributed by atoms with Gasteiger partial charge >= 0.3 is 12.0 Å². The van der Waals surface area contributed by atoms with E-state index in [4.69, 9.17) is 0 Å². The summed E-state index contributed by atoms with van der Waals surface area (Å²) in [4.78, 5) is 23.1. The number of hydrogen-bond acceptors (Lipinski definition) is 2. The quantitative estimate of drug-likeness (QED) is 0.774. The predicted molar refractivity (Wildman–Crippen MR) is 83.1 cm³/mol. The Balaban J connectivity index is 2.11. The van der Waals surface area contributed by atoms with E-state index < -0.39 is 23.9 Å². The monoisotopic (exact) mass is 366 g/mol. The highest BCUT2D eigenvalue weighted by Crippen LogP contribution is 2.18. The Labute approximate surface area is 134 Å². The van der Waals surface area contributed by atoms with Crippen LogP contribution in [0.25, 0.3) is 0 Å². The molecule has 1 atom stereocenters. The lowest BCUT2D eigenvalue weighted by Gasteiger charge is -2.16. The number of carboxylic acids is 1. The van der Waals surface area contributed by atoms with E-state index in [1.165, 1.54) is 18.2 Å². The van der Waals surface area contributed by atoms with Crippen molar-refractivity contribution in [3.8, 4) is 0 Å². The standard InChI is InChI=1S/C15H12BrFN2O3/c16-9-5-7-10(8-6-9)18-15(22)19-13(14(20)21)11-3-1-2-4-12(11)17/h1-8,13H,(H,20,21)(H2,18,19,22). The maximum Gasteiger partial charge on any atom is 0.331 e. The summed E-state index contributed by atoms with van der Waals surface area (Å²) in [6.45, 7) is 0. The van der Waals surface area contributed by atoms with Gasteiger partial charge in [0.1, 0.15) is 5.82 Å². The number of urea groups is 1. The Morgan fingerprint density at radius 3 is 2.32 bits per heavy atom.